The Morgan fingerprint density at radius 2 is 2.11 bits per heavy atom. The molecule has 0 amide bonds. The Kier molecular flexibility index (Phi) is 3.18. The fourth-order valence-electron chi connectivity index (χ4n) is 3.03. The van der Waals surface area contributed by atoms with Crippen molar-refractivity contribution >= 4 is 17.3 Å². The molecule has 1 aromatic carbocycles. The Bertz CT molecular complexity index is 481. The zero-order valence-corrected chi connectivity index (χ0v) is 11.6. The molecule has 104 valence electrons. The van der Waals surface area contributed by atoms with Crippen molar-refractivity contribution in [2.24, 2.45) is 5.92 Å². The number of rotatable bonds is 2. The average Bonchev–Trinajstić information content (AvgIpc) is 3.11. The van der Waals surface area contributed by atoms with Gasteiger partial charge >= 0.3 is 0 Å². The molecule has 0 spiro atoms. The molecule has 2 aliphatic rings. The van der Waals surface area contributed by atoms with E-state index in [1.807, 2.05) is 4.90 Å². The van der Waals surface area contributed by atoms with E-state index in [1.165, 1.54) is 18.9 Å². The molecule has 2 fully saturated rings. The van der Waals surface area contributed by atoms with Gasteiger partial charge in [-0.25, -0.2) is 8.78 Å². The summed E-state index contributed by atoms with van der Waals surface area (Å²) in [5.41, 5.74) is 0.332. The predicted octanol–water partition coefficient (Wildman–Crippen LogP) is 3.20. The lowest BCUT2D eigenvalue weighted by atomic mass is 9.92. The maximum absolute atomic E-state index is 14.0. The summed E-state index contributed by atoms with van der Waals surface area (Å²) in [5.74, 6) is -0.561. The van der Waals surface area contributed by atoms with Crippen molar-refractivity contribution in [3.05, 3.63) is 28.8 Å². The highest BCUT2D eigenvalue weighted by Crippen LogP contribution is 2.42. The van der Waals surface area contributed by atoms with Crippen LogP contribution in [0.1, 0.15) is 19.8 Å². The second kappa shape index (κ2) is 4.60. The van der Waals surface area contributed by atoms with Crippen LogP contribution in [0.2, 0.25) is 5.02 Å². The van der Waals surface area contributed by atoms with Gasteiger partial charge in [0, 0.05) is 31.2 Å². The first-order valence-electron chi connectivity index (χ1n) is 6.64. The highest BCUT2D eigenvalue weighted by Gasteiger charge is 2.44. The van der Waals surface area contributed by atoms with Gasteiger partial charge in [0.1, 0.15) is 5.82 Å². The van der Waals surface area contributed by atoms with Crippen LogP contribution in [0.25, 0.3) is 0 Å². The number of halogens is 3. The van der Waals surface area contributed by atoms with Crippen molar-refractivity contribution in [1.82, 2.24) is 5.32 Å². The third-order valence-electron chi connectivity index (χ3n) is 4.21. The van der Waals surface area contributed by atoms with E-state index in [9.17, 15) is 8.78 Å². The standard InChI is InChI=1S/C14H17ClF2N2/c1-14(9-2-3-9)8-19(5-4-18-14)13-11(15)6-10(16)7-12(13)17/h6-7,9,18H,2-5,8H2,1H3. The quantitative estimate of drug-likeness (QED) is 0.898. The summed E-state index contributed by atoms with van der Waals surface area (Å²) >= 11 is 6.01. The zero-order chi connectivity index (χ0) is 13.6. The first kappa shape index (κ1) is 13.1. The Balaban J connectivity index is 1.89. The molecular weight excluding hydrogens is 270 g/mol. The predicted molar refractivity (Wildman–Crippen MR) is 72.7 cm³/mol. The number of benzene rings is 1. The normalized spacial score (nSPS) is 27.7. The summed E-state index contributed by atoms with van der Waals surface area (Å²) in [7, 11) is 0. The molecule has 1 saturated heterocycles. The lowest BCUT2D eigenvalue weighted by Crippen LogP contribution is -2.60. The molecular formula is C14H17ClF2N2. The second-order valence-electron chi connectivity index (χ2n) is 5.76. The van der Waals surface area contributed by atoms with Gasteiger partial charge in [-0.2, -0.15) is 0 Å². The molecule has 1 unspecified atom stereocenters. The molecule has 1 atom stereocenters. The molecule has 1 aliphatic carbocycles. The van der Waals surface area contributed by atoms with Crippen LogP contribution >= 0.6 is 11.6 Å². The Labute approximate surface area is 116 Å². The van der Waals surface area contributed by atoms with Gasteiger partial charge in [-0.05, 0) is 31.7 Å². The van der Waals surface area contributed by atoms with Gasteiger partial charge < -0.3 is 10.2 Å². The van der Waals surface area contributed by atoms with Crippen molar-refractivity contribution in [3.63, 3.8) is 0 Å². The topological polar surface area (TPSA) is 15.3 Å². The molecule has 1 aromatic rings. The summed E-state index contributed by atoms with van der Waals surface area (Å²) in [6, 6.07) is 2.08. The van der Waals surface area contributed by atoms with Gasteiger partial charge in [0.15, 0.2) is 5.82 Å². The van der Waals surface area contributed by atoms with Crippen molar-refractivity contribution in [2.75, 3.05) is 24.5 Å². The van der Waals surface area contributed by atoms with Gasteiger partial charge in [-0.3, -0.25) is 0 Å². The van der Waals surface area contributed by atoms with Crippen LogP contribution in [0.4, 0.5) is 14.5 Å². The fraction of sp³-hybridized carbons (Fsp3) is 0.571. The Hall–Kier alpha value is -0.870. The zero-order valence-electron chi connectivity index (χ0n) is 10.8. The molecule has 0 radical (unpaired) electrons. The van der Waals surface area contributed by atoms with E-state index in [0.717, 1.165) is 12.6 Å². The molecule has 5 heteroatoms. The minimum Gasteiger partial charge on any atom is -0.365 e. The van der Waals surface area contributed by atoms with Crippen LogP contribution < -0.4 is 10.2 Å². The molecule has 19 heavy (non-hydrogen) atoms. The lowest BCUT2D eigenvalue weighted by molar-refractivity contribution is 0.284. The first-order valence-corrected chi connectivity index (χ1v) is 7.02. The maximum Gasteiger partial charge on any atom is 0.150 e. The van der Waals surface area contributed by atoms with Crippen LogP contribution in [-0.2, 0) is 0 Å². The molecule has 1 aliphatic heterocycles. The van der Waals surface area contributed by atoms with Gasteiger partial charge in [0.25, 0.3) is 0 Å². The highest BCUT2D eigenvalue weighted by molar-refractivity contribution is 6.33. The van der Waals surface area contributed by atoms with E-state index < -0.39 is 11.6 Å². The summed E-state index contributed by atoms with van der Waals surface area (Å²) in [4.78, 5) is 1.94. The monoisotopic (exact) mass is 286 g/mol. The van der Waals surface area contributed by atoms with Gasteiger partial charge in [0.2, 0.25) is 0 Å². The second-order valence-corrected chi connectivity index (χ2v) is 6.17. The van der Waals surface area contributed by atoms with Gasteiger partial charge in [-0.15, -0.1) is 0 Å². The average molecular weight is 287 g/mol. The third kappa shape index (κ3) is 2.43. The van der Waals surface area contributed by atoms with E-state index in [-0.39, 0.29) is 10.6 Å². The third-order valence-corrected chi connectivity index (χ3v) is 4.49. The maximum atomic E-state index is 14.0. The Morgan fingerprint density at radius 1 is 1.37 bits per heavy atom. The van der Waals surface area contributed by atoms with E-state index in [2.05, 4.69) is 12.2 Å². The van der Waals surface area contributed by atoms with Crippen molar-refractivity contribution in [1.29, 1.82) is 0 Å². The number of hydrogen-bond donors (Lipinski definition) is 1. The van der Waals surface area contributed by atoms with Gasteiger partial charge in [0.05, 0.1) is 10.7 Å². The molecule has 0 bridgehead atoms. The number of anilines is 1. The van der Waals surface area contributed by atoms with Crippen molar-refractivity contribution < 1.29 is 8.78 Å². The smallest absolute Gasteiger partial charge is 0.150 e. The van der Waals surface area contributed by atoms with E-state index in [0.29, 0.717) is 24.7 Å². The van der Waals surface area contributed by atoms with E-state index >= 15 is 0 Å². The number of hydrogen-bond acceptors (Lipinski definition) is 2. The minimum absolute atomic E-state index is 0.00239. The summed E-state index contributed by atoms with van der Waals surface area (Å²) in [6.45, 7) is 4.36. The largest absolute Gasteiger partial charge is 0.365 e. The van der Waals surface area contributed by atoms with Crippen LogP contribution in [0.3, 0.4) is 0 Å². The van der Waals surface area contributed by atoms with Crippen LogP contribution in [0.15, 0.2) is 12.1 Å². The van der Waals surface area contributed by atoms with Crippen LogP contribution in [-0.4, -0.2) is 25.2 Å². The number of nitrogens with zero attached hydrogens (tertiary/aromatic N) is 1. The van der Waals surface area contributed by atoms with E-state index in [1.54, 1.807) is 0 Å². The van der Waals surface area contributed by atoms with Crippen LogP contribution in [0.5, 0.6) is 0 Å². The highest BCUT2D eigenvalue weighted by atomic mass is 35.5. The lowest BCUT2D eigenvalue weighted by Gasteiger charge is -2.43. The first-order chi connectivity index (χ1) is 8.99. The van der Waals surface area contributed by atoms with Crippen molar-refractivity contribution in [3.8, 4) is 0 Å². The summed E-state index contributed by atoms with van der Waals surface area (Å²) < 4.78 is 27.1. The fourth-order valence-corrected chi connectivity index (χ4v) is 3.34. The molecule has 1 saturated carbocycles. The molecule has 0 aromatic heterocycles. The Morgan fingerprint density at radius 3 is 2.74 bits per heavy atom. The molecule has 2 nitrogen and oxygen atoms in total. The van der Waals surface area contributed by atoms with Crippen molar-refractivity contribution in [2.45, 2.75) is 25.3 Å². The van der Waals surface area contributed by atoms with E-state index in [4.69, 9.17) is 11.6 Å². The SMILES string of the molecule is CC1(C2CC2)CN(c2c(F)cc(F)cc2Cl)CCN1. The number of nitrogens with one attached hydrogen (secondary N) is 1. The summed E-state index contributed by atoms with van der Waals surface area (Å²) in [6.07, 6.45) is 2.44. The summed E-state index contributed by atoms with van der Waals surface area (Å²) in [5, 5.41) is 3.68. The minimum atomic E-state index is -0.633. The van der Waals surface area contributed by atoms with Gasteiger partial charge in [-0.1, -0.05) is 11.6 Å². The molecule has 1 N–H and O–H groups in total. The molecule has 3 rings (SSSR count). The molecule has 1 heterocycles. The number of piperazine rings is 1. The van der Waals surface area contributed by atoms with Crippen LogP contribution in [0, 0.1) is 17.6 Å².